The maximum Gasteiger partial charge on any atom is 0.150 e. The summed E-state index contributed by atoms with van der Waals surface area (Å²) >= 11 is 5.55. The lowest BCUT2D eigenvalue weighted by Gasteiger charge is -2.07. The van der Waals surface area contributed by atoms with Gasteiger partial charge in [-0.2, -0.15) is 0 Å². The van der Waals surface area contributed by atoms with Crippen LogP contribution >= 0.6 is 11.6 Å². The van der Waals surface area contributed by atoms with Crippen LogP contribution in [0.2, 0.25) is 5.02 Å². The first-order valence-electron chi connectivity index (χ1n) is 6.72. The molecule has 1 fully saturated rings. The van der Waals surface area contributed by atoms with E-state index in [9.17, 15) is 4.79 Å². The van der Waals surface area contributed by atoms with E-state index in [4.69, 9.17) is 11.6 Å². The molecule has 0 amide bonds. The number of nitrogens with one attached hydrogen (secondary N) is 1. The summed E-state index contributed by atoms with van der Waals surface area (Å²) in [5.41, 5.74) is 0.652. The Balaban J connectivity index is 0.000000303. The maximum absolute atomic E-state index is 10.1. The summed E-state index contributed by atoms with van der Waals surface area (Å²) in [4.78, 5) is 12.4. The first kappa shape index (κ1) is 18.1. The molecule has 19 heavy (non-hydrogen) atoms. The minimum absolute atomic E-state index is 0.652. The van der Waals surface area contributed by atoms with Gasteiger partial charge in [0, 0.05) is 23.2 Å². The molecular formula is C15H25ClN2O. The van der Waals surface area contributed by atoms with Gasteiger partial charge in [-0.25, -0.2) is 0 Å². The summed E-state index contributed by atoms with van der Waals surface area (Å²) in [5, 5.41) is 3.91. The van der Waals surface area contributed by atoms with Crippen molar-refractivity contribution in [1.29, 1.82) is 0 Å². The van der Waals surface area contributed by atoms with E-state index in [2.05, 4.69) is 17.3 Å². The van der Waals surface area contributed by atoms with E-state index in [1.54, 1.807) is 24.3 Å². The Kier molecular flexibility index (Phi) is 10.5. The van der Waals surface area contributed by atoms with Gasteiger partial charge in [-0.3, -0.25) is 4.79 Å². The van der Waals surface area contributed by atoms with Crippen molar-refractivity contribution in [3.63, 3.8) is 0 Å². The summed E-state index contributed by atoms with van der Waals surface area (Å²) in [6, 6.07) is 7.47. The SMILES string of the molecule is CC.CNC1CCN(C)C1.O=Cc1ccc(Cl)cc1. The molecule has 0 spiro atoms. The third-order valence-corrected chi connectivity index (χ3v) is 3.06. The van der Waals surface area contributed by atoms with E-state index in [-0.39, 0.29) is 0 Å². The first-order valence-corrected chi connectivity index (χ1v) is 7.10. The monoisotopic (exact) mass is 284 g/mol. The number of nitrogens with zero attached hydrogens (tertiary/aromatic N) is 1. The van der Waals surface area contributed by atoms with Gasteiger partial charge in [0.15, 0.2) is 0 Å². The van der Waals surface area contributed by atoms with Crippen LogP contribution in [0.3, 0.4) is 0 Å². The zero-order chi connectivity index (χ0) is 14.7. The minimum Gasteiger partial charge on any atom is -0.316 e. The number of benzene rings is 1. The lowest BCUT2D eigenvalue weighted by Crippen LogP contribution is -2.27. The van der Waals surface area contributed by atoms with Crippen molar-refractivity contribution in [3.05, 3.63) is 34.9 Å². The summed E-state index contributed by atoms with van der Waals surface area (Å²) < 4.78 is 0. The molecule has 0 bridgehead atoms. The second-order valence-electron chi connectivity index (χ2n) is 4.21. The third kappa shape index (κ3) is 7.98. The molecule has 1 N–H and O–H groups in total. The van der Waals surface area contributed by atoms with Gasteiger partial charge in [0.25, 0.3) is 0 Å². The molecule has 1 atom stereocenters. The Morgan fingerprint density at radius 1 is 1.32 bits per heavy atom. The van der Waals surface area contributed by atoms with Gasteiger partial charge in [0.2, 0.25) is 0 Å². The van der Waals surface area contributed by atoms with Crippen molar-refractivity contribution in [2.45, 2.75) is 26.3 Å². The van der Waals surface area contributed by atoms with Crippen LogP contribution in [0.4, 0.5) is 0 Å². The molecular weight excluding hydrogens is 260 g/mol. The van der Waals surface area contributed by atoms with Gasteiger partial charge < -0.3 is 10.2 Å². The van der Waals surface area contributed by atoms with E-state index < -0.39 is 0 Å². The molecule has 0 radical (unpaired) electrons. The van der Waals surface area contributed by atoms with Crippen LogP contribution in [0.5, 0.6) is 0 Å². The quantitative estimate of drug-likeness (QED) is 0.847. The zero-order valence-electron chi connectivity index (χ0n) is 12.3. The molecule has 1 saturated heterocycles. The van der Waals surface area contributed by atoms with E-state index in [1.807, 2.05) is 20.9 Å². The Morgan fingerprint density at radius 3 is 2.21 bits per heavy atom. The van der Waals surface area contributed by atoms with E-state index in [0.29, 0.717) is 10.6 Å². The molecule has 0 aromatic heterocycles. The van der Waals surface area contributed by atoms with Gasteiger partial charge in [-0.15, -0.1) is 0 Å². The lowest BCUT2D eigenvalue weighted by atomic mass is 10.2. The molecule has 0 saturated carbocycles. The van der Waals surface area contributed by atoms with Crippen molar-refractivity contribution >= 4 is 17.9 Å². The Labute approximate surface area is 121 Å². The van der Waals surface area contributed by atoms with E-state index >= 15 is 0 Å². The third-order valence-electron chi connectivity index (χ3n) is 2.81. The fourth-order valence-electron chi connectivity index (χ4n) is 1.71. The van der Waals surface area contributed by atoms with Crippen LogP contribution in [0.15, 0.2) is 24.3 Å². The van der Waals surface area contributed by atoms with Crippen molar-refractivity contribution < 1.29 is 4.79 Å². The van der Waals surface area contributed by atoms with Crippen LogP contribution in [0.1, 0.15) is 30.6 Å². The predicted molar refractivity (Wildman–Crippen MR) is 83.1 cm³/mol. The highest BCUT2D eigenvalue weighted by molar-refractivity contribution is 6.30. The molecule has 3 nitrogen and oxygen atoms in total. The summed E-state index contributed by atoms with van der Waals surface area (Å²) in [7, 11) is 4.20. The van der Waals surface area contributed by atoms with Crippen molar-refractivity contribution in [1.82, 2.24) is 10.2 Å². The molecule has 0 aliphatic carbocycles. The van der Waals surface area contributed by atoms with Crippen LogP contribution in [-0.2, 0) is 0 Å². The highest BCUT2D eigenvalue weighted by Gasteiger charge is 2.16. The smallest absolute Gasteiger partial charge is 0.150 e. The molecule has 1 unspecified atom stereocenters. The highest BCUT2D eigenvalue weighted by Crippen LogP contribution is 2.07. The number of carbonyl (C=O) groups excluding carboxylic acids is 1. The van der Waals surface area contributed by atoms with Crippen LogP contribution < -0.4 is 5.32 Å². The Morgan fingerprint density at radius 2 is 1.89 bits per heavy atom. The lowest BCUT2D eigenvalue weighted by molar-refractivity contribution is 0.112. The predicted octanol–water partition coefficient (Wildman–Crippen LogP) is 3.09. The fourth-order valence-corrected chi connectivity index (χ4v) is 1.84. The summed E-state index contributed by atoms with van der Waals surface area (Å²) in [5.74, 6) is 0. The van der Waals surface area contributed by atoms with Crippen LogP contribution in [0.25, 0.3) is 0 Å². The molecule has 4 heteroatoms. The molecule has 1 aromatic carbocycles. The average Bonchev–Trinajstić information content (AvgIpc) is 2.88. The molecule has 108 valence electrons. The van der Waals surface area contributed by atoms with E-state index in [1.165, 1.54) is 19.5 Å². The number of halogens is 1. The number of rotatable bonds is 2. The van der Waals surface area contributed by atoms with Crippen LogP contribution in [0, 0.1) is 0 Å². The zero-order valence-corrected chi connectivity index (χ0v) is 13.1. The second kappa shape index (κ2) is 11.0. The van der Waals surface area contributed by atoms with Gasteiger partial charge in [-0.05, 0) is 39.2 Å². The molecule has 1 aliphatic heterocycles. The summed E-state index contributed by atoms with van der Waals surface area (Å²) in [6.07, 6.45) is 2.10. The molecule has 1 heterocycles. The Hall–Kier alpha value is -0.900. The number of aldehydes is 1. The fraction of sp³-hybridized carbons (Fsp3) is 0.533. The van der Waals surface area contributed by atoms with Crippen LogP contribution in [-0.4, -0.2) is 44.4 Å². The highest BCUT2D eigenvalue weighted by atomic mass is 35.5. The van der Waals surface area contributed by atoms with Gasteiger partial charge in [0.1, 0.15) is 6.29 Å². The molecule has 2 rings (SSSR count). The maximum atomic E-state index is 10.1. The van der Waals surface area contributed by atoms with Gasteiger partial charge in [-0.1, -0.05) is 37.6 Å². The number of likely N-dealkylation sites (N-methyl/N-ethyl adjacent to an activating group) is 2. The van der Waals surface area contributed by atoms with Gasteiger partial charge >= 0.3 is 0 Å². The largest absolute Gasteiger partial charge is 0.316 e. The van der Waals surface area contributed by atoms with Crippen molar-refractivity contribution in [3.8, 4) is 0 Å². The average molecular weight is 285 g/mol. The van der Waals surface area contributed by atoms with Crippen molar-refractivity contribution in [2.75, 3.05) is 27.2 Å². The normalized spacial score (nSPS) is 17.8. The number of hydrogen-bond acceptors (Lipinski definition) is 3. The number of likely N-dealkylation sites (tertiary alicyclic amines) is 1. The number of carbonyl (C=O) groups is 1. The topological polar surface area (TPSA) is 32.3 Å². The molecule has 1 aliphatic rings. The van der Waals surface area contributed by atoms with Crippen molar-refractivity contribution in [2.24, 2.45) is 0 Å². The van der Waals surface area contributed by atoms with E-state index in [0.717, 1.165) is 12.3 Å². The minimum atomic E-state index is 0.652. The first-order chi connectivity index (χ1) is 9.15. The summed E-state index contributed by atoms with van der Waals surface area (Å²) in [6.45, 7) is 6.47. The standard InChI is InChI=1S/C7H5ClO.C6H14N2.C2H6/c8-7-3-1-6(5-9)2-4-7;1-7-6-3-4-8(2)5-6;1-2/h1-5H;6-7H,3-5H2,1-2H3;1-2H3. The molecule has 1 aromatic rings. The van der Waals surface area contributed by atoms with Gasteiger partial charge in [0.05, 0.1) is 0 Å². The second-order valence-corrected chi connectivity index (χ2v) is 4.64. The number of hydrogen-bond donors (Lipinski definition) is 1. The Bertz CT molecular complexity index is 341.